The fourth-order valence-corrected chi connectivity index (χ4v) is 3.07. The van der Waals surface area contributed by atoms with Crippen molar-refractivity contribution in [3.05, 3.63) is 52.6 Å². The number of hydrogen-bond acceptors (Lipinski definition) is 4. The number of carbonyl (C=O) groups excluding carboxylic acids is 1. The Hall–Kier alpha value is -2.08. The predicted molar refractivity (Wildman–Crippen MR) is 94.5 cm³/mol. The fraction of sp³-hybridized carbons (Fsp3) is 0.333. The standard InChI is InChI=1S/C18H19BrN2O3/c1-2-23-16-8-4-3-6-14(16)18(22)21-11-9-13(12-21)24-17-15(19)7-5-10-20-17/h3-8,10,13H,2,9,11-12H2,1H3. The summed E-state index contributed by atoms with van der Waals surface area (Å²) < 4.78 is 12.3. The molecule has 1 aliphatic heterocycles. The molecule has 2 heterocycles. The van der Waals surface area contributed by atoms with Gasteiger partial charge in [0.15, 0.2) is 0 Å². The second-order valence-corrected chi connectivity index (χ2v) is 6.35. The maximum atomic E-state index is 12.8. The van der Waals surface area contributed by atoms with Gasteiger partial charge < -0.3 is 14.4 Å². The van der Waals surface area contributed by atoms with Crippen molar-refractivity contribution in [2.75, 3.05) is 19.7 Å². The third-order valence-electron chi connectivity index (χ3n) is 3.85. The summed E-state index contributed by atoms with van der Waals surface area (Å²) in [7, 11) is 0. The lowest BCUT2D eigenvalue weighted by Crippen LogP contribution is -2.31. The lowest BCUT2D eigenvalue weighted by Gasteiger charge is -2.19. The van der Waals surface area contributed by atoms with Crippen molar-refractivity contribution < 1.29 is 14.3 Å². The maximum absolute atomic E-state index is 12.8. The molecule has 1 saturated heterocycles. The fourth-order valence-electron chi connectivity index (χ4n) is 2.72. The molecule has 1 aromatic heterocycles. The van der Waals surface area contributed by atoms with Crippen LogP contribution in [0.1, 0.15) is 23.7 Å². The van der Waals surface area contributed by atoms with Gasteiger partial charge in [-0.05, 0) is 47.1 Å². The molecule has 1 aromatic carbocycles. The SMILES string of the molecule is CCOc1ccccc1C(=O)N1CCC(Oc2ncccc2Br)C1. The normalized spacial score (nSPS) is 16.9. The van der Waals surface area contributed by atoms with E-state index in [-0.39, 0.29) is 12.0 Å². The Labute approximate surface area is 149 Å². The van der Waals surface area contributed by atoms with Crippen molar-refractivity contribution in [3.63, 3.8) is 0 Å². The third-order valence-corrected chi connectivity index (χ3v) is 4.46. The Kier molecular flexibility index (Phi) is 5.35. The van der Waals surface area contributed by atoms with Crippen LogP contribution in [0.2, 0.25) is 0 Å². The van der Waals surface area contributed by atoms with E-state index in [1.165, 1.54) is 0 Å². The summed E-state index contributed by atoms with van der Waals surface area (Å²) in [6.45, 7) is 3.64. The number of benzene rings is 1. The molecule has 1 fully saturated rings. The van der Waals surface area contributed by atoms with E-state index in [1.807, 2.05) is 37.3 Å². The second-order valence-electron chi connectivity index (χ2n) is 5.50. The minimum absolute atomic E-state index is 0.0229. The number of para-hydroxylation sites is 1. The van der Waals surface area contributed by atoms with Crippen LogP contribution < -0.4 is 9.47 Å². The van der Waals surface area contributed by atoms with Gasteiger partial charge in [-0.15, -0.1) is 0 Å². The van der Waals surface area contributed by atoms with Crippen LogP contribution in [0.5, 0.6) is 11.6 Å². The van der Waals surface area contributed by atoms with Gasteiger partial charge in [0.2, 0.25) is 5.88 Å². The van der Waals surface area contributed by atoms with E-state index in [2.05, 4.69) is 20.9 Å². The minimum Gasteiger partial charge on any atom is -0.493 e. The van der Waals surface area contributed by atoms with E-state index < -0.39 is 0 Å². The largest absolute Gasteiger partial charge is 0.493 e. The van der Waals surface area contributed by atoms with Crippen molar-refractivity contribution in [1.82, 2.24) is 9.88 Å². The Balaban J connectivity index is 1.67. The van der Waals surface area contributed by atoms with E-state index in [4.69, 9.17) is 9.47 Å². The van der Waals surface area contributed by atoms with Crippen LogP contribution in [0.25, 0.3) is 0 Å². The molecule has 1 amide bonds. The number of aromatic nitrogens is 1. The van der Waals surface area contributed by atoms with Crippen LogP contribution in [-0.2, 0) is 0 Å². The van der Waals surface area contributed by atoms with Gasteiger partial charge in [-0.1, -0.05) is 12.1 Å². The Morgan fingerprint density at radius 3 is 2.96 bits per heavy atom. The first-order valence-corrected chi connectivity index (χ1v) is 8.76. The number of rotatable bonds is 5. The zero-order valence-electron chi connectivity index (χ0n) is 13.4. The number of ether oxygens (including phenoxy) is 2. The molecule has 0 spiro atoms. The average Bonchev–Trinajstić information content (AvgIpc) is 3.06. The van der Waals surface area contributed by atoms with Gasteiger partial charge in [-0.3, -0.25) is 4.79 Å². The number of likely N-dealkylation sites (tertiary alicyclic amines) is 1. The van der Waals surface area contributed by atoms with Gasteiger partial charge >= 0.3 is 0 Å². The van der Waals surface area contributed by atoms with Crippen LogP contribution >= 0.6 is 15.9 Å². The van der Waals surface area contributed by atoms with Crippen LogP contribution in [0.3, 0.4) is 0 Å². The molecule has 24 heavy (non-hydrogen) atoms. The van der Waals surface area contributed by atoms with Gasteiger partial charge in [0, 0.05) is 19.2 Å². The molecule has 3 rings (SSSR count). The first-order valence-electron chi connectivity index (χ1n) is 7.97. The summed E-state index contributed by atoms with van der Waals surface area (Å²) in [5.74, 6) is 1.17. The van der Waals surface area contributed by atoms with Crippen LogP contribution in [0.4, 0.5) is 0 Å². The van der Waals surface area contributed by atoms with Crippen molar-refractivity contribution in [3.8, 4) is 11.6 Å². The summed E-state index contributed by atoms with van der Waals surface area (Å²) in [6.07, 6.45) is 2.42. The molecular weight excluding hydrogens is 372 g/mol. The molecule has 2 aromatic rings. The summed E-state index contributed by atoms with van der Waals surface area (Å²) >= 11 is 3.43. The van der Waals surface area contributed by atoms with E-state index >= 15 is 0 Å². The quantitative estimate of drug-likeness (QED) is 0.783. The number of hydrogen-bond donors (Lipinski definition) is 0. The second kappa shape index (κ2) is 7.66. The molecule has 1 atom stereocenters. The molecule has 1 unspecified atom stereocenters. The highest BCUT2D eigenvalue weighted by Crippen LogP contribution is 2.26. The number of halogens is 1. The molecular formula is C18H19BrN2O3. The monoisotopic (exact) mass is 390 g/mol. The highest BCUT2D eigenvalue weighted by atomic mass is 79.9. The summed E-state index contributed by atoms with van der Waals surface area (Å²) in [4.78, 5) is 18.8. The topological polar surface area (TPSA) is 51.7 Å². The first-order chi connectivity index (χ1) is 11.7. The van der Waals surface area contributed by atoms with Gasteiger partial charge in [-0.25, -0.2) is 4.98 Å². The number of pyridine rings is 1. The smallest absolute Gasteiger partial charge is 0.257 e. The predicted octanol–water partition coefficient (Wildman–Crippen LogP) is 3.54. The van der Waals surface area contributed by atoms with Crippen molar-refractivity contribution >= 4 is 21.8 Å². The highest BCUT2D eigenvalue weighted by Gasteiger charge is 2.30. The summed E-state index contributed by atoms with van der Waals surface area (Å²) in [6, 6.07) is 11.1. The molecule has 0 saturated carbocycles. The van der Waals surface area contributed by atoms with Crippen molar-refractivity contribution in [2.24, 2.45) is 0 Å². The zero-order chi connectivity index (χ0) is 16.9. The summed E-state index contributed by atoms with van der Waals surface area (Å²) in [5, 5.41) is 0. The van der Waals surface area contributed by atoms with Crippen LogP contribution in [0.15, 0.2) is 47.1 Å². The molecule has 126 valence electrons. The highest BCUT2D eigenvalue weighted by molar-refractivity contribution is 9.10. The van der Waals surface area contributed by atoms with Crippen LogP contribution in [0, 0.1) is 0 Å². The Morgan fingerprint density at radius 2 is 2.17 bits per heavy atom. The van der Waals surface area contributed by atoms with E-state index in [1.54, 1.807) is 17.2 Å². The van der Waals surface area contributed by atoms with Crippen molar-refractivity contribution in [2.45, 2.75) is 19.4 Å². The Bertz CT molecular complexity index is 723. The van der Waals surface area contributed by atoms with Crippen LogP contribution in [-0.4, -0.2) is 41.6 Å². The lowest BCUT2D eigenvalue weighted by atomic mass is 10.2. The molecule has 1 aliphatic rings. The lowest BCUT2D eigenvalue weighted by molar-refractivity contribution is 0.0767. The van der Waals surface area contributed by atoms with Gasteiger partial charge in [0.05, 0.1) is 23.2 Å². The molecule has 0 bridgehead atoms. The molecule has 0 aliphatic carbocycles. The van der Waals surface area contributed by atoms with Gasteiger partial charge in [0.1, 0.15) is 11.9 Å². The number of amides is 1. The molecule has 0 radical (unpaired) electrons. The van der Waals surface area contributed by atoms with Gasteiger partial charge in [0.25, 0.3) is 5.91 Å². The third kappa shape index (κ3) is 3.70. The maximum Gasteiger partial charge on any atom is 0.257 e. The minimum atomic E-state index is -0.0561. The molecule has 5 nitrogen and oxygen atoms in total. The van der Waals surface area contributed by atoms with E-state index in [9.17, 15) is 4.79 Å². The van der Waals surface area contributed by atoms with E-state index in [0.29, 0.717) is 36.9 Å². The summed E-state index contributed by atoms with van der Waals surface area (Å²) in [5.41, 5.74) is 0.596. The van der Waals surface area contributed by atoms with Crippen molar-refractivity contribution in [1.29, 1.82) is 0 Å². The zero-order valence-corrected chi connectivity index (χ0v) is 15.0. The van der Waals surface area contributed by atoms with E-state index in [0.717, 1.165) is 10.9 Å². The first kappa shape index (κ1) is 16.8. The molecule has 0 N–H and O–H groups in total. The van der Waals surface area contributed by atoms with Gasteiger partial charge in [-0.2, -0.15) is 0 Å². The Morgan fingerprint density at radius 1 is 1.33 bits per heavy atom. The molecule has 6 heteroatoms. The number of nitrogens with zero attached hydrogens (tertiary/aromatic N) is 2. The number of carbonyl (C=O) groups is 1. The average molecular weight is 391 g/mol.